The predicted molar refractivity (Wildman–Crippen MR) is 110 cm³/mol. The van der Waals surface area contributed by atoms with E-state index in [0.29, 0.717) is 0 Å². The van der Waals surface area contributed by atoms with Crippen molar-refractivity contribution >= 4 is 23.4 Å². The molecule has 0 aromatic heterocycles. The van der Waals surface area contributed by atoms with Crippen LogP contribution in [-0.2, 0) is 4.79 Å². The highest BCUT2D eigenvalue weighted by atomic mass is 32.2. The number of aryl methyl sites for hydroxylation is 1. The van der Waals surface area contributed by atoms with Gasteiger partial charge in [0.05, 0.1) is 13.2 Å². The second-order valence-electron chi connectivity index (χ2n) is 6.61. The Morgan fingerprint density at radius 3 is 2.19 bits per heavy atom. The lowest BCUT2D eigenvalue weighted by atomic mass is 9.92. The number of rotatable bonds is 5. The van der Waals surface area contributed by atoms with Crippen molar-refractivity contribution in [3.05, 3.63) is 90.0 Å². The van der Waals surface area contributed by atoms with Gasteiger partial charge in [-0.1, -0.05) is 48.0 Å². The van der Waals surface area contributed by atoms with Gasteiger partial charge in [-0.2, -0.15) is 0 Å². The van der Waals surface area contributed by atoms with E-state index in [1.165, 1.54) is 5.56 Å². The van der Waals surface area contributed by atoms with Crippen LogP contribution >= 0.6 is 11.8 Å². The number of β-lactam (4-membered cyclic amide) rings is 1. The Bertz CT molecular complexity index is 923. The van der Waals surface area contributed by atoms with Crippen LogP contribution < -0.4 is 9.64 Å². The molecular formula is C23H21NO2S. The van der Waals surface area contributed by atoms with Crippen LogP contribution in [0.3, 0.4) is 0 Å². The van der Waals surface area contributed by atoms with Gasteiger partial charge in [0.2, 0.25) is 5.91 Å². The van der Waals surface area contributed by atoms with Crippen LogP contribution in [0, 0.1) is 6.92 Å². The molecule has 3 aromatic rings. The molecule has 0 saturated carbocycles. The van der Waals surface area contributed by atoms with Crippen molar-refractivity contribution in [3.63, 3.8) is 0 Å². The number of ether oxygens (including phenoxy) is 1. The summed E-state index contributed by atoms with van der Waals surface area (Å²) in [6.45, 7) is 2.07. The zero-order valence-corrected chi connectivity index (χ0v) is 16.1. The molecule has 3 nitrogen and oxygen atoms in total. The molecule has 4 heteroatoms. The molecule has 1 fully saturated rings. The van der Waals surface area contributed by atoms with Crippen LogP contribution in [0.4, 0.5) is 5.69 Å². The largest absolute Gasteiger partial charge is 0.497 e. The first kappa shape index (κ1) is 17.7. The van der Waals surface area contributed by atoms with E-state index >= 15 is 0 Å². The lowest BCUT2D eigenvalue weighted by Crippen LogP contribution is -2.57. The van der Waals surface area contributed by atoms with Gasteiger partial charge in [0, 0.05) is 10.6 Å². The Balaban J connectivity index is 1.65. The summed E-state index contributed by atoms with van der Waals surface area (Å²) >= 11 is 1.64. The normalized spacial score (nSPS) is 18.9. The number of carbonyl (C=O) groups is 1. The number of anilines is 1. The number of benzene rings is 3. The molecule has 0 spiro atoms. The quantitative estimate of drug-likeness (QED) is 0.570. The zero-order chi connectivity index (χ0) is 18.8. The van der Waals surface area contributed by atoms with Gasteiger partial charge in [0.1, 0.15) is 11.0 Å². The monoisotopic (exact) mass is 375 g/mol. The molecule has 2 atom stereocenters. The van der Waals surface area contributed by atoms with Crippen molar-refractivity contribution in [1.82, 2.24) is 0 Å². The van der Waals surface area contributed by atoms with E-state index in [9.17, 15) is 4.79 Å². The molecule has 0 bridgehead atoms. The molecule has 3 aromatic carbocycles. The van der Waals surface area contributed by atoms with Crippen molar-refractivity contribution in [2.45, 2.75) is 23.1 Å². The first-order chi connectivity index (χ1) is 13.2. The highest BCUT2D eigenvalue weighted by Gasteiger charge is 2.49. The number of nitrogens with zero attached hydrogens (tertiary/aromatic N) is 1. The van der Waals surface area contributed by atoms with Crippen molar-refractivity contribution in [1.29, 1.82) is 0 Å². The van der Waals surface area contributed by atoms with Crippen molar-refractivity contribution in [2.75, 3.05) is 12.0 Å². The van der Waals surface area contributed by atoms with Gasteiger partial charge in [0.25, 0.3) is 0 Å². The summed E-state index contributed by atoms with van der Waals surface area (Å²) in [5.41, 5.74) is 3.27. The maximum absolute atomic E-state index is 13.0. The molecule has 1 amide bonds. The van der Waals surface area contributed by atoms with E-state index in [-0.39, 0.29) is 17.2 Å². The van der Waals surface area contributed by atoms with Crippen molar-refractivity contribution < 1.29 is 9.53 Å². The molecule has 0 unspecified atom stereocenters. The molecule has 1 aliphatic rings. The van der Waals surface area contributed by atoms with Gasteiger partial charge in [-0.25, -0.2) is 0 Å². The smallest absolute Gasteiger partial charge is 0.243 e. The molecule has 136 valence electrons. The fourth-order valence-electron chi connectivity index (χ4n) is 3.35. The number of carbonyl (C=O) groups excluding carboxylic acids is 1. The molecule has 4 rings (SSSR count). The van der Waals surface area contributed by atoms with Gasteiger partial charge in [-0.3, -0.25) is 4.79 Å². The Kier molecular flexibility index (Phi) is 4.90. The zero-order valence-electron chi connectivity index (χ0n) is 15.3. The van der Waals surface area contributed by atoms with Crippen LogP contribution in [0.2, 0.25) is 0 Å². The second-order valence-corrected chi connectivity index (χ2v) is 7.83. The lowest BCUT2D eigenvalue weighted by molar-refractivity contribution is -0.123. The maximum Gasteiger partial charge on any atom is 0.243 e. The van der Waals surface area contributed by atoms with Crippen LogP contribution in [0.5, 0.6) is 5.75 Å². The summed E-state index contributed by atoms with van der Waals surface area (Å²) in [6, 6.07) is 26.3. The molecule has 0 N–H and O–H groups in total. The molecule has 0 aliphatic carbocycles. The van der Waals surface area contributed by atoms with E-state index < -0.39 is 0 Å². The van der Waals surface area contributed by atoms with E-state index in [1.54, 1.807) is 18.9 Å². The lowest BCUT2D eigenvalue weighted by Gasteiger charge is -2.47. The Morgan fingerprint density at radius 1 is 0.889 bits per heavy atom. The molecule has 0 radical (unpaired) electrons. The van der Waals surface area contributed by atoms with E-state index in [1.807, 2.05) is 47.4 Å². The molecular weight excluding hydrogens is 354 g/mol. The molecule has 27 heavy (non-hydrogen) atoms. The minimum absolute atomic E-state index is 0.0124. The van der Waals surface area contributed by atoms with E-state index in [0.717, 1.165) is 21.9 Å². The van der Waals surface area contributed by atoms with E-state index in [4.69, 9.17) is 4.74 Å². The maximum atomic E-state index is 13.0. The standard InChI is InChI=1S/C23H21NO2S/c1-16-8-14-20(15-9-16)27-22-21(17-6-4-3-5-7-17)24(23(22)25)18-10-12-19(26-2)13-11-18/h3-15,21-22H,1-2H3/t21-,22-/m0/s1. The summed E-state index contributed by atoms with van der Waals surface area (Å²) < 4.78 is 5.24. The van der Waals surface area contributed by atoms with Crippen molar-refractivity contribution in [2.24, 2.45) is 0 Å². The Morgan fingerprint density at radius 2 is 1.56 bits per heavy atom. The van der Waals surface area contributed by atoms with Gasteiger partial charge >= 0.3 is 0 Å². The molecule has 1 aliphatic heterocycles. The topological polar surface area (TPSA) is 29.5 Å². The van der Waals surface area contributed by atoms with Gasteiger partial charge < -0.3 is 9.64 Å². The number of hydrogen-bond donors (Lipinski definition) is 0. The third-order valence-corrected chi connectivity index (χ3v) is 6.08. The van der Waals surface area contributed by atoms with Gasteiger partial charge in [-0.05, 0) is 48.9 Å². The third kappa shape index (κ3) is 3.45. The van der Waals surface area contributed by atoms with Crippen LogP contribution in [0.1, 0.15) is 17.2 Å². The van der Waals surface area contributed by atoms with Gasteiger partial charge in [-0.15, -0.1) is 11.8 Å². The second kappa shape index (κ2) is 7.49. The van der Waals surface area contributed by atoms with E-state index in [2.05, 4.69) is 43.3 Å². The summed E-state index contributed by atoms with van der Waals surface area (Å²) in [6.07, 6.45) is 0. The van der Waals surface area contributed by atoms with Crippen LogP contribution in [0.25, 0.3) is 0 Å². The first-order valence-corrected chi connectivity index (χ1v) is 9.81. The fourth-order valence-corrected chi connectivity index (χ4v) is 4.55. The van der Waals surface area contributed by atoms with Gasteiger partial charge in [0.15, 0.2) is 0 Å². The highest BCUT2D eigenvalue weighted by Crippen LogP contribution is 2.47. The van der Waals surface area contributed by atoms with Crippen LogP contribution in [-0.4, -0.2) is 18.3 Å². The number of thioether (sulfide) groups is 1. The SMILES string of the molecule is COc1ccc(N2C(=O)[C@@H](Sc3ccc(C)cc3)[C@@H]2c2ccccc2)cc1. The predicted octanol–water partition coefficient (Wildman–Crippen LogP) is 5.25. The third-order valence-electron chi connectivity index (χ3n) is 4.82. The minimum Gasteiger partial charge on any atom is -0.497 e. The number of hydrogen-bond acceptors (Lipinski definition) is 3. The average Bonchev–Trinajstić information content (AvgIpc) is 2.72. The minimum atomic E-state index is -0.128. The van der Waals surface area contributed by atoms with Crippen molar-refractivity contribution in [3.8, 4) is 5.75 Å². The Hall–Kier alpha value is -2.72. The number of methoxy groups -OCH3 is 1. The summed E-state index contributed by atoms with van der Waals surface area (Å²) in [5, 5.41) is -0.128. The average molecular weight is 375 g/mol. The number of amides is 1. The Labute approximate surface area is 164 Å². The fraction of sp³-hybridized carbons (Fsp3) is 0.174. The highest BCUT2D eigenvalue weighted by molar-refractivity contribution is 8.00. The molecule has 1 heterocycles. The first-order valence-electron chi connectivity index (χ1n) is 8.93. The molecule has 1 saturated heterocycles. The summed E-state index contributed by atoms with van der Waals surface area (Å²) in [4.78, 5) is 16.1. The summed E-state index contributed by atoms with van der Waals surface area (Å²) in [5.74, 6) is 0.924. The van der Waals surface area contributed by atoms with Crippen LogP contribution in [0.15, 0.2) is 83.8 Å². The summed E-state index contributed by atoms with van der Waals surface area (Å²) in [7, 11) is 1.64.